The standard InChI is InChI=1S/C45H50ClF2N11O4/c1-55-33-9-5-26(19-31(33)37-38(42(55)62)63-24-45(47,48)39(52-37)25-3-4-25)50-40-32(46)23-49-43(53-40)59-13-11-44(12-14-59)21-28(22-44)58-17-15-57(16-18-58)27-6-7-29-34(20-27)56(2)54-36(29)30-8-10-35(60)51-41(30)61/h5-7,9,19-20,23,25,28,30,39,52H,3-4,8,10-18,21-22,24H2,1-2H3,(H,49,50,53)(H,51,60,61)/t30?,39-/m0/s1. The summed E-state index contributed by atoms with van der Waals surface area (Å²) in [6.07, 6.45) is 8.33. The summed E-state index contributed by atoms with van der Waals surface area (Å²) in [5.74, 6) is -3.28. The Labute approximate surface area is 367 Å². The molecule has 18 heteroatoms. The second kappa shape index (κ2) is 15.0. The van der Waals surface area contributed by atoms with E-state index in [9.17, 15) is 14.4 Å². The number of imide groups is 1. The molecule has 3 aromatic heterocycles. The number of hydrogen-bond acceptors (Lipinski definition) is 12. The van der Waals surface area contributed by atoms with Crippen LogP contribution in [0.2, 0.25) is 5.02 Å². The molecule has 0 bridgehead atoms. The molecular formula is C45H50ClF2N11O4. The highest BCUT2D eigenvalue weighted by Crippen LogP contribution is 2.52. The molecule has 63 heavy (non-hydrogen) atoms. The molecule has 0 radical (unpaired) electrons. The lowest BCUT2D eigenvalue weighted by Gasteiger charge is -2.56. The molecule has 2 atom stereocenters. The lowest BCUT2D eigenvalue weighted by molar-refractivity contribution is -0.134. The number of alkyl halides is 2. The van der Waals surface area contributed by atoms with Crippen molar-refractivity contribution in [2.24, 2.45) is 25.4 Å². The molecule has 15 nitrogen and oxygen atoms in total. The van der Waals surface area contributed by atoms with Crippen LogP contribution in [0.1, 0.15) is 63.0 Å². The molecule has 7 heterocycles. The Morgan fingerprint density at radius 2 is 1.68 bits per heavy atom. The van der Waals surface area contributed by atoms with Crippen molar-refractivity contribution in [2.75, 3.05) is 66.3 Å². The van der Waals surface area contributed by atoms with Crippen LogP contribution in [0.25, 0.3) is 21.8 Å². The van der Waals surface area contributed by atoms with Crippen molar-refractivity contribution in [3.8, 4) is 5.75 Å². The maximum absolute atomic E-state index is 15.2. The van der Waals surface area contributed by atoms with Crippen LogP contribution in [0, 0.1) is 11.3 Å². The molecular weight excluding hydrogens is 832 g/mol. The number of ether oxygens (including phenoxy) is 1. The topological polar surface area (TPSA) is 155 Å². The van der Waals surface area contributed by atoms with Gasteiger partial charge < -0.3 is 29.7 Å². The van der Waals surface area contributed by atoms with E-state index in [1.807, 2.05) is 23.9 Å². The molecule has 2 aliphatic carbocycles. The van der Waals surface area contributed by atoms with Crippen LogP contribution in [-0.2, 0) is 23.7 Å². The lowest BCUT2D eigenvalue weighted by atomic mass is 9.60. The summed E-state index contributed by atoms with van der Waals surface area (Å²) in [7, 11) is 3.52. The van der Waals surface area contributed by atoms with E-state index in [0.717, 1.165) is 74.4 Å². The van der Waals surface area contributed by atoms with Gasteiger partial charge >= 0.3 is 5.92 Å². The maximum Gasteiger partial charge on any atom is 0.301 e. The van der Waals surface area contributed by atoms with Gasteiger partial charge in [0, 0.05) is 88.0 Å². The highest BCUT2D eigenvalue weighted by atomic mass is 35.5. The zero-order chi connectivity index (χ0) is 43.4. The number of carbonyl (C=O) groups is 2. The second-order valence-electron chi connectivity index (χ2n) is 18.6. The molecule has 4 aliphatic heterocycles. The van der Waals surface area contributed by atoms with Crippen molar-refractivity contribution in [1.82, 2.24) is 34.5 Å². The number of halogens is 3. The van der Waals surface area contributed by atoms with Crippen LogP contribution in [-0.4, -0.2) is 105 Å². The molecule has 3 N–H and O–H groups in total. The zero-order valence-corrected chi connectivity index (χ0v) is 36.1. The zero-order valence-electron chi connectivity index (χ0n) is 35.3. The first-order chi connectivity index (χ1) is 30.3. The van der Waals surface area contributed by atoms with Gasteiger partial charge in [-0.3, -0.25) is 29.3 Å². The number of piperidine rings is 2. The number of aryl methyl sites for hydroxylation is 2. The Hall–Kier alpha value is -5.55. The van der Waals surface area contributed by atoms with Gasteiger partial charge in [0.2, 0.25) is 23.5 Å². The number of benzene rings is 2. The molecule has 3 saturated heterocycles. The summed E-state index contributed by atoms with van der Waals surface area (Å²) in [6, 6.07) is 11.3. The summed E-state index contributed by atoms with van der Waals surface area (Å²) < 4.78 is 39.2. The van der Waals surface area contributed by atoms with Gasteiger partial charge in [0.1, 0.15) is 5.02 Å². The number of piperazine rings is 1. The van der Waals surface area contributed by atoms with Gasteiger partial charge in [-0.25, -0.2) is 13.8 Å². The first-order valence-corrected chi connectivity index (χ1v) is 22.5. The molecule has 5 fully saturated rings. The third-order valence-corrected chi connectivity index (χ3v) is 15.0. The number of nitrogens with zero attached hydrogens (tertiary/aromatic N) is 8. The van der Waals surface area contributed by atoms with Crippen LogP contribution in [0.4, 0.5) is 37.6 Å². The van der Waals surface area contributed by atoms with E-state index >= 15 is 8.78 Å². The Bertz CT molecular complexity index is 2730. The molecule has 2 amide bonds. The molecule has 6 aliphatic rings. The first kappa shape index (κ1) is 40.2. The van der Waals surface area contributed by atoms with Crippen molar-refractivity contribution in [3.63, 3.8) is 0 Å². The van der Waals surface area contributed by atoms with Gasteiger partial charge in [-0.2, -0.15) is 10.1 Å². The minimum absolute atomic E-state index is 0.101. The van der Waals surface area contributed by atoms with E-state index in [2.05, 4.69) is 53.8 Å². The number of hydrogen-bond donors (Lipinski definition) is 3. The fraction of sp³-hybridized carbons (Fsp3) is 0.511. The third kappa shape index (κ3) is 7.11. The monoisotopic (exact) mass is 881 g/mol. The molecule has 2 saturated carbocycles. The number of nitrogens with one attached hydrogen (secondary N) is 3. The van der Waals surface area contributed by atoms with Crippen LogP contribution in [0.3, 0.4) is 0 Å². The number of fused-ring (bicyclic) bond motifs is 4. The average Bonchev–Trinajstić information content (AvgIpc) is 4.07. The van der Waals surface area contributed by atoms with Gasteiger partial charge in [0.05, 0.1) is 40.6 Å². The minimum Gasteiger partial charge on any atom is -0.480 e. The smallest absolute Gasteiger partial charge is 0.301 e. The van der Waals surface area contributed by atoms with Crippen LogP contribution >= 0.6 is 11.6 Å². The van der Waals surface area contributed by atoms with E-state index < -0.39 is 30.0 Å². The highest BCUT2D eigenvalue weighted by molar-refractivity contribution is 6.33. The Morgan fingerprint density at radius 3 is 2.43 bits per heavy atom. The van der Waals surface area contributed by atoms with Gasteiger partial charge in [-0.15, -0.1) is 0 Å². The van der Waals surface area contributed by atoms with E-state index in [0.29, 0.717) is 70.5 Å². The average molecular weight is 882 g/mol. The molecule has 5 aromatic rings. The lowest BCUT2D eigenvalue weighted by Crippen LogP contribution is -2.59. The number of carbonyl (C=O) groups excluding carboxylic acids is 2. The maximum atomic E-state index is 15.2. The van der Waals surface area contributed by atoms with Crippen LogP contribution < -0.4 is 36.0 Å². The summed E-state index contributed by atoms with van der Waals surface area (Å²) in [5.41, 5.74) is 4.23. The minimum atomic E-state index is -3.13. The number of anilines is 5. The molecule has 1 spiro atoms. The normalized spacial score (nSPS) is 23.8. The molecule has 330 valence electrons. The van der Waals surface area contributed by atoms with Crippen molar-refractivity contribution in [1.29, 1.82) is 0 Å². The molecule has 2 aromatic carbocycles. The SMILES string of the molecule is Cn1nc(C2CCC(=O)NC2=O)c2ccc(N3CCN(C4CC5(CCN(c6ncc(Cl)c(Nc7ccc8c(c7)c7c(c(=O)n8C)OCC(F)(F)[C@H](C8CC8)N7)n6)CC5)C4)CC3)cc21. The number of amides is 2. The predicted octanol–water partition coefficient (Wildman–Crippen LogP) is 5.92. The van der Waals surface area contributed by atoms with Crippen molar-refractivity contribution < 1.29 is 23.1 Å². The van der Waals surface area contributed by atoms with Crippen molar-refractivity contribution in [3.05, 3.63) is 63.7 Å². The quantitative estimate of drug-likeness (QED) is 0.166. The van der Waals surface area contributed by atoms with Crippen molar-refractivity contribution in [2.45, 2.75) is 75.3 Å². The van der Waals surface area contributed by atoms with Gasteiger partial charge in [-0.05, 0) is 92.7 Å². The van der Waals surface area contributed by atoms with Crippen LogP contribution in [0.5, 0.6) is 5.75 Å². The van der Waals surface area contributed by atoms with E-state index in [1.54, 1.807) is 19.3 Å². The Morgan fingerprint density at radius 1 is 0.905 bits per heavy atom. The predicted molar refractivity (Wildman–Crippen MR) is 237 cm³/mol. The fourth-order valence-corrected chi connectivity index (χ4v) is 11.0. The van der Waals surface area contributed by atoms with E-state index in [4.69, 9.17) is 26.4 Å². The summed E-state index contributed by atoms with van der Waals surface area (Å²) >= 11 is 6.66. The Kier molecular flexibility index (Phi) is 9.60. The van der Waals surface area contributed by atoms with E-state index in [-0.39, 0.29) is 29.2 Å². The molecule has 11 rings (SSSR count). The first-order valence-electron chi connectivity index (χ1n) is 22.1. The number of aromatic nitrogens is 5. The van der Waals surface area contributed by atoms with Gasteiger partial charge in [0.25, 0.3) is 5.56 Å². The third-order valence-electron chi connectivity index (χ3n) is 14.7. The summed E-state index contributed by atoms with van der Waals surface area (Å²) in [5, 5.41) is 15.5. The molecule has 1 unspecified atom stereocenters. The Balaban J connectivity index is 0.713. The second-order valence-corrected chi connectivity index (χ2v) is 19.0. The fourth-order valence-electron chi connectivity index (χ4n) is 10.8. The van der Waals surface area contributed by atoms with Gasteiger partial charge in [0.15, 0.2) is 12.4 Å². The number of pyridine rings is 1. The van der Waals surface area contributed by atoms with Crippen molar-refractivity contribution >= 4 is 74.0 Å². The summed E-state index contributed by atoms with van der Waals surface area (Å²) in [6.45, 7) is 4.73. The highest BCUT2D eigenvalue weighted by Gasteiger charge is 2.51. The largest absolute Gasteiger partial charge is 0.480 e. The number of rotatable bonds is 7. The van der Waals surface area contributed by atoms with Crippen LogP contribution in [0.15, 0.2) is 47.4 Å². The van der Waals surface area contributed by atoms with E-state index in [1.165, 1.54) is 17.4 Å². The van der Waals surface area contributed by atoms with Gasteiger partial charge in [-0.1, -0.05) is 11.6 Å². The summed E-state index contributed by atoms with van der Waals surface area (Å²) in [4.78, 5) is 54.4.